The minimum Gasteiger partial charge on any atom is -0.385 e. The summed E-state index contributed by atoms with van der Waals surface area (Å²) < 4.78 is 30.7. The standard InChI is InChI=1S/C10H17F2N3O/c1-8(3-6-16-2)14-7-9-13-4-5-15(9)10(11)12/h4-5,8,10,14H,3,6-7H2,1-2H3. The minimum absolute atomic E-state index is 0.211. The average molecular weight is 233 g/mol. The van der Waals surface area contributed by atoms with Crippen molar-refractivity contribution in [3.05, 3.63) is 18.2 Å². The first-order valence-electron chi connectivity index (χ1n) is 5.17. The number of methoxy groups -OCH3 is 1. The molecule has 0 saturated heterocycles. The summed E-state index contributed by atoms with van der Waals surface area (Å²) in [4.78, 5) is 3.88. The van der Waals surface area contributed by atoms with E-state index in [1.165, 1.54) is 12.4 Å². The van der Waals surface area contributed by atoms with Crippen molar-refractivity contribution >= 4 is 0 Å². The maximum absolute atomic E-state index is 12.5. The first-order valence-corrected chi connectivity index (χ1v) is 5.17. The monoisotopic (exact) mass is 233 g/mol. The minimum atomic E-state index is -2.53. The fraction of sp³-hybridized carbons (Fsp3) is 0.700. The Kier molecular flexibility index (Phi) is 5.34. The maximum Gasteiger partial charge on any atom is 0.319 e. The van der Waals surface area contributed by atoms with E-state index in [4.69, 9.17) is 4.74 Å². The van der Waals surface area contributed by atoms with E-state index in [1.54, 1.807) is 7.11 Å². The van der Waals surface area contributed by atoms with Crippen LogP contribution in [-0.2, 0) is 11.3 Å². The highest BCUT2D eigenvalue weighted by Crippen LogP contribution is 2.12. The Labute approximate surface area is 93.6 Å². The normalized spacial score (nSPS) is 13.3. The van der Waals surface area contributed by atoms with Crippen molar-refractivity contribution in [1.29, 1.82) is 0 Å². The largest absolute Gasteiger partial charge is 0.385 e. The van der Waals surface area contributed by atoms with Gasteiger partial charge >= 0.3 is 6.55 Å². The molecule has 0 aliphatic carbocycles. The third-order valence-electron chi connectivity index (χ3n) is 2.32. The number of ether oxygens (including phenoxy) is 1. The topological polar surface area (TPSA) is 39.1 Å². The molecule has 1 aromatic rings. The van der Waals surface area contributed by atoms with Crippen molar-refractivity contribution in [2.75, 3.05) is 13.7 Å². The Morgan fingerprint density at radius 3 is 2.94 bits per heavy atom. The molecule has 4 nitrogen and oxygen atoms in total. The van der Waals surface area contributed by atoms with Crippen molar-refractivity contribution in [1.82, 2.24) is 14.9 Å². The van der Waals surface area contributed by atoms with E-state index in [2.05, 4.69) is 10.3 Å². The van der Waals surface area contributed by atoms with Gasteiger partial charge in [0.2, 0.25) is 0 Å². The molecule has 0 radical (unpaired) electrons. The molecule has 1 heterocycles. The Balaban J connectivity index is 2.39. The number of hydrogen-bond acceptors (Lipinski definition) is 3. The number of nitrogens with one attached hydrogen (secondary N) is 1. The molecule has 0 fully saturated rings. The SMILES string of the molecule is COCCC(C)NCc1nccn1C(F)F. The zero-order chi connectivity index (χ0) is 12.0. The van der Waals surface area contributed by atoms with E-state index in [0.717, 1.165) is 11.0 Å². The van der Waals surface area contributed by atoms with Gasteiger partial charge in [0.1, 0.15) is 5.82 Å². The molecular weight excluding hydrogens is 216 g/mol. The molecule has 0 bridgehead atoms. The lowest BCUT2D eigenvalue weighted by Crippen LogP contribution is -2.28. The lowest BCUT2D eigenvalue weighted by atomic mass is 10.2. The number of alkyl halides is 2. The van der Waals surface area contributed by atoms with Crippen LogP contribution in [0, 0.1) is 0 Å². The number of imidazole rings is 1. The Morgan fingerprint density at radius 2 is 2.31 bits per heavy atom. The van der Waals surface area contributed by atoms with Crippen LogP contribution >= 0.6 is 0 Å². The second-order valence-electron chi connectivity index (χ2n) is 3.59. The average Bonchev–Trinajstić information content (AvgIpc) is 2.71. The molecule has 0 spiro atoms. The van der Waals surface area contributed by atoms with Crippen molar-refractivity contribution < 1.29 is 13.5 Å². The van der Waals surface area contributed by atoms with E-state index in [1.807, 2.05) is 6.92 Å². The molecule has 0 aliphatic heterocycles. The molecule has 0 aliphatic rings. The molecule has 6 heteroatoms. The lowest BCUT2D eigenvalue weighted by Gasteiger charge is -2.13. The quantitative estimate of drug-likeness (QED) is 0.780. The van der Waals surface area contributed by atoms with Crippen molar-refractivity contribution in [2.24, 2.45) is 0 Å². The Morgan fingerprint density at radius 1 is 1.56 bits per heavy atom. The molecule has 1 rings (SSSR count). The summed E-state index contributed by atoms with van der Waals surface area (Å²) in [5.41, 5.74) is 0. The first-order chi connectivity index (χ1) is 7.65. The van der Waals surface area contributed by atoms with Gasteiger partial charge in [-0.05, 0) is 13.3 Å². The van der Waals surface area contributed by atoms with Gasteiger partial charge in [0.05, 0.1) is 6.54 Å². The number of rotatable bonds is 7. The number of aromatic nitrogens is 2. The van der Waals surface area contributed by atoms with Crippen LogP contribution in [-0.4, -0.2) is 29.3 Å². The number of halogens is 2. The smallest absolute Gasteiger partial charge is 0.319 e. The molecule has 0 saturated carbocycles. The summed E-state index contributed by atoms with van der Waals surface area (Å²) in [7, 11) is 1.64. The zero-order valence-electron chi connectivity index (χ0n) is 9.49. The highest BCUT2D eigenvalue weighted by Gasteiger charge is 2.11. The number of nitrogens with zero attached hydrogens (tertiary/aromatic N) is 2. The van der Waals surface area contributed by atoms with Crippen LogP contribution in [0.25, 0.3) is 0 Å². The second-order valence-corrected chi connectivity index (χ2v) is 3.59. The van der Waals surface area contributed by atoms with Gasteiger partial charge in [-0.3, -0.25) is 4.57 Å². The van der Waals surface area contributed by atoms with Gasteiger partial charge in [-0.25, -0.2) is 4.98 Å². The highest BCUT2D eigenvalue weighted by atomic mass is 19.3. The van der Waals surface area contributed by atoms with Crippen molar-refractivity contribution in [2.45, 2.75) is 32.5 Å². The zero-order valence-corrected chi connectivity index (χ0v) is 9.49. The summed E-state index contributed by atoms with van der Waals surface area (Å²) in [5.74, 6) is 0.347. The van der Waals surface area contributed by atoms with Crippen LogP contribution < -0.4 is 5.32 Å². The molecule has 1 atom stereocenters. The van der Waals surface area contributed by atoms with Gasteiger partial charge in [0, 0.05) is 32.2 Å². The molecular formula is C10H17F2N3O. The molecule has 1 N–H and O–H groups in total. The van der Waals surface area contributed by atoms with Gasteiger partial charge in [0.25, 0.3) is 0 Å². The summed E-state index contributed by atoms with van der Waals surface area (Å²) in [6, 6.07) is 0.211. The van der Waals surface area contributed by atoms with Gasteiger partial charge < -0.3 is 10.1 Å². The van der Waals surface area contributed by atoms with Crippen LogP contribution in [0.15, 0.2) is 12.4 Å². The fourth-order valence-corrected chi connectivity index (χ4v) is 1.32. The van der Waals surface area contributed by atoms with Crippen molar-refractivity contribution in [3.8, 4) is 0 Å². The van der Waals surface area contributed by atoms with Crippen LogP contribution in [0.5, 0.6) is 0 Å². The summed E-state index contributed by atoms with van der Waals surface area (Å²) in [5, 5.41) is 3.12. The molecule has 16 heavy (non-hydrogen) atoms. The van der Waals surface area contributed by atoms with Gasteiger partial charge in [-0.15, -0.1) is 0 Å². The summed E-state index contributed by atoms with van der Waals surface area (Å²) >= 11 is 0. The van der Waals surface area contributed by atoms with E-state index < -0.39 is 6.55 Å². The Bertz CT molecular complexity index is 304. The predicted molar refractivity (Wildman–Crippen MR) is 56.3 cm³/mol. The first kappa shape index (κ1) is 13.1. The third-order valence-corrected chi connectivity index (χ3v) is 2.32. The van der Waals surface area contributed by atoms with Gasteiger partial charge in [-0.1, -0.05) is 0 Å². The van der Waals surface area contributed by atoms with Crippen molar-refractivity contribution in [3.63, 3.8) is 0 Å². The van der Waals surface area contributed by atoms with E-state index >= 15 is 0 Å². The molecule has 1 unspecified atom stereocenters. The van der Waals surface area contributed by atoms with E-state index in [0.29, 0.717) is 19.0 Å². The fourth-order valence-electron chi connectivity index (χ4n) is 1.32. The van der Waals surface area contributed by atoms with Crippen LogP contribution in [0.2, 0.25) is 0 Å². The predicted octanol–water partition coefficient (Wildman–Crippen LogP) is 1.79. The third kappa shape index (κ3) is 3.86. The van der Waals surface area contributed by atoms with Crippen LogP contribution in [0.1, 0.15) is 25.7 Å². The molecule has 92 valence electrons. The summed E-state index contributed by atoms with van der Waals surface area (Å²) in [6.45, 7) is 0.433. The lowest BCUT2D eigenvalue weighted by molar-refractivity contribution is 0.0664. The van der Waals surface area contributed by atoms with E-state index in [-0.39, 0.29) is 6.04 Å². The molecule has 0 aromatic carbocycles. The van der Waals surface area contributed by atoms with Crippen LogP contribution in [0.4, 0.5) is 8.78 Å². The van der Waals surface area contributed by atoms with Gasteiger partial charge in [-0.2, -0.15) is 8.78 Å². The maximum atomic E-state index is 12.5. The van der Waals surface area contributed by atoms with E-state index in [9.17, 15) is 8.78 Å². The second kappa shape index (κ2) is 6.55. The van der Waals surface area contributed by atoms with Crippen LogP contribution in [0.3, 0.4) is 0 Å². The Hall–Kier alpha value is -1.01. The highest BCUT2D eigenvalue weighted by molar-refractivity contribution is 4.92. The van der Waals surface area contributed by atoms with Gasteiger partial charge in [0.15, 0.2) is 0 Å². The molecule has 1 aromatic heterocycles. The molecule has 0 amide bonds. The number of hydrogen-bond donors (Lipinski definition) is 1. The summed E-state index contributed by atoms with van der Waals surface area (Å²) in [6.07, 6.45) is 3.50.